The monoisotopic (exact) mass is 394 g/mol. The highest BCUT2D eigenvalue weighted by Gasteiger charge is 2.38. The zero-order valence-electron chi connectivity index (χ0n) is 13.4. The first-order valence-corrected chi connectivity index (χ1v) is 7.34. The van der Waals surface area contributed by atoms with Crippen LogP contribution in [-0.2, 0) is 9.78 Å². The molecule has 0 saturated carbocycles. The van der Waals surface area contributed by atoms with Crippen LogP contribution in [0, 0.1) is 0 Å². The van der Waals surface area contributed by atoms with Crippen LogP contribution in [0.2, 0.25) is 0 Å². The van der Waals surface area contributed by atoms with Gasteiger partial charge in [0.1, 0.15) is 48.8 Å². The van der Waals surface area contributed by atoms with E-state index in [2.05, 4.69) is 9.78 Å². The zero-order valence-corrected chi connectivity index (χ0v) is 13.4. The Balaban J connectivity index is 4.57. The molecule has 0 fully saturated rings. The molecule has 0 aromatic heterocycles. The predicted molar refractivity (Wildman–Crippen MR) is 76.4 cm³/mol. The summed E-state index contributed by atoms with van der Waals surface area (Å²) in [4.78, 5) is 8.13. The molecule has 26 heavy (non-hydrogen) atoms. The molecule has 10 atom stereocenters. The number of aliphatic hydroxyl groups is 12. The maximum atomic E-state index is 9.50. The maximum Gasteiger partial charge on any atom is 0.217 e. The predicted octanol–water partition coefficient (Wildman–Crippen LogP) is -7.56. The molecule has 2 unspecified atom stereocenters. The fourth-order valence-corrected chi connectivity index (χ4v) is 1.64. The fraction of sp³-hybridized carbons (Fsp3) is 1.00. The van der Waals surface area contributed by atoms with Gasteiger partial charge >= 0.3 is 0 Å². The molecule has 0 bridgehead atoms. The summed E-state index contributed by atoms with van der Waals surface area (Å²) in [6.45, 7) is -1.94. The number of hydrogen-bond donors (Lipinski definition) is 12. The second kappa shape index (κ2) is 12.0. The summed E-state index contributed by atoms with van der Waals surface area (Å²) < 4.78 is 0. The Labute approximate surface area is 146 Å². The van der Waals surface area contributed by atoms with E-state index in [4.69, 9.17) is 20.4 Å². The maximum absolute atomic E-state index is 9.50. The number of aliphatic hydroxyl groups excluding tert-OH is 12. The highest BCUT2D eigenvalue weighted by Crippen LogP contribution is 2.13. The van der Waals surface area contributed by atoms with Gasteiger partial charge in [0.2, 0.25) is 12.6 Å². The Morgan fingerprint density at radius 3 is 0.923 bits per heavy atom. The standard InChI is InChI=1S/C12H26O14/c13-1-3(15)5(17)7(19)9(21)11(23)25-26-12(24)10(22)8(20)6(18)4(16)2-14/h3-24H,1-2H2/t3-,4-,5-,6-,7+,8+,9-,10-,11?,12?/m1/s1. The van der Waals surface area contributed by atoms with Crippen LogP contribution in [0.25, 0.3) is 0 Å². The lowest BCUT2D eigenvalue weighted by Crippen LogP contribution is -2.52. The summed E-state index contributed by atoms with van der Waals surface area (Å²) in [5.74, 6) is 0. The van der Waals surface area contributed by atoms with Gasteiger partial charge in [0, 0.05) is 0 Å². The van der Waals surface area contributed by atoms with Gasteiger partial charge in [-0.2, -0.15) is 9.78 Å². The summed E-state index contributed by atoms with van der Waals surface area (Å²) >= 11 is 0. The lowest BCUT2D eigenvalue weighted by atomic mass is 10.0. The average Bonchev–Trinajstić information content (AvgIpc) is 2.66. The average molecular weight is 394 g/mol. The quantitative estimate of drug-likeness (QED) is 0.0786. The smallest absolute Gasteiger partial charge is 0.217 e. The minimum atomic E-state index is -2.43. The van der Waals surface area contributed by atoms with E-state index < -0.39 is 74.6 Å². The van der Waals surface area contributed by atoms with E-state index in [1.807, 2.05) is 0 Å². The van der Waals surface area contributed by atoms with Gasteiger partial charge in [0.25, 0.3) is 0 Å². The molecule has 0 aliphatic rings. The molecule has 14 nitrogen and oxygen atoms in total. The Kier molecular flexibility index (Phi) is 11.7. The first-order valence-electron chi connectivity index (χ1n) is 7.34. The van der Waals surface area contributed by atoms with Crippen molar-refractivity contribution in [1.29, 1.82) is 0 Å². The van der Waals surface area contributed by atoms with Crippen LogP contribution in [0.15, 0.2) is 0 Å². The molecular formula is C12H26O14. The molecule has 0 aromatic carbocycles. The molecule has 14 heteroatoms. The molecule has 0 heterocycles. The summed E-state index contributed by atoms with van der Waals surface area (Å²) in [6, 6.07) is 0. The second-order valence-electron chi connectivity index (χ2n) is 5.42. The molecule has 0 aromatic rings. The molecule has 0 saturated heterocycles. The van der Waals surface area contributed by atoms with Crippen molar-refractivity contribution in [2.75, 3.05) is 13.2 Å². The molecule has 0 rings (SSSR count). The Morgan fingerprint density at radius 1 is 0.423 bits per heavy atom. The summed E-state index contributed by atoms with van der Waals surface area (Å²) in [7, 11) is 0. The van der Waals surface area contributed by atoms with Gasteiger partial charge in [0.05, 0.1) is 13.2 Å². The lowest BCUT2D eigenvalue weighted by molar-refractivity contribution is -0.451. The molecular weight excluding hydrogens is 368 g/mol. The summed E-state index contributed by atoms with van der Waals surface area (Å²) in [5.41, 5.74) is 0. The van der Waals surface area contributed by atoms with Gasteiger partial charge in [-0.15, -0.1) is 0 Å². The largest absolute Gasteiger partial charge is 0.394 e. The summed E-state index contributed by atoms with van der Waals surface area (Å²) in [5, 5.41) is 111. The second-order valence-corrected chi connectivity index (χ2v) is 5.42. The van der Waals surface area contributed by atoms with Crippen molar-refractivity contribution in [1.82, 2.24) is 0 Å². The lowest BCUT2D eigenvalue weighted by Gasteiger charge is -2.30. The van der Waals surface area contributed by atoms with Crippen LogP contribution in [0.5, 0.6) is 0 Å². The summed E-state index contributed by atoms with van der Waals surface area (Å²) in [6.07, 6.45) is -21.8. The number of rotatable bonds is 13. The topological polar surface area (TPSA) is 261 Å². The van der Waals surface area contributed by atoms with Crippen LogP contribution in [0.4, 0.5) is 0 Å². The zero-order chi connectivity index (χ0) is 20.6. The normalized spacial score (nSPS) is 24.0. The third-order valence-electron chi connectivity index (χ3n) is 3.40. The first-order chi connectivity index (χ1) is 12.0. The van der Waals surface area contributed by atoms with Crippen LogP contribution in [0.1, 0.15) is 0 Å². The Morgan fingerprint density at radius 2 is 0.692 bits per heavy atom. The van der Waals surface area contributed by atoms with Crippen LogP contribution >= 0.6 is 0 Å². The van der Waals surface area contributed by atoms with Gasteiger partial charge in [-0.25, -0.2) is 0 Å². The van der Waals surface area contributed by atoms with E-state index in [0.29, 0.717) is 0 Å². The molecule has 0 amide bonds. The van der Waals surface area contributed by atoms with Crippen LogP contribution in [0.3, 0.4) is 0 Å². The van der Waals surface area contributed by atoms with Crippen molar-refractivity contribution in [2.24, 2.45) is 0 Å². The highest BCUT2D eigenvalue weighted by atomic mass is 17.2. The minimum Gasteiger partial charge on any atom is -0.394 e. The molecule has 0 spiro atoms. The van der Waals surface area contributed by atoms with E-state index in [9.17, 15) is 40.9 Å². The SMILES string of the molecule is OC[C@@H](O)[C@@H](O)[C@H](O)[C@@H](O)C(O)OOC(O)[C@H](O)[C@@H](O)[C@H](O)[C@H](O)CO. The Bertz CT molecular complexity index is 338. The van der Waals surface area contributed by atoms with Gasteiger partial charge in [0.15, 0.2) is 0 Å². The van der Waals surface area contributed by atoms with Crippen molar-refractivity contribution >= 4 is 0 Å². The van der Waals surface area contributed by atoms with E-state index in [-0.39, 0.29) is 0 Å². The molecule has 0 aliphatic carbocycles. The Hall–Kier alpha value is -0.560. The van der Waals surface area contributed by atoms with Gasteiger partial charge in [-0.1, -0.05) is 0 Å². The minimum absolute atomic E-state index is 0.969. The van der Waals surface area contributed by atoms with Crippen LogP contribution < -0.4 is 0 Å². The first kappa shape index (κ1) is 25.4. The van der Waals surface area contributed by atoms with Gasteiger partial charge in [-0.05, 0) is 0 Å². The van der Waals surface area contributed by atoms with E-state index in [1.165, 1.54) is 0 Å². The third-order valence-corrected chi connectivity index (χ3v) is 3.40. The molecule has 12 N–H and O–H groups in total. The van der Waals surface area contributed by atoms with Gasteiger partial charge in [-0.3, -0.25) is 0 Å². The number of hydrogen-bond acceptors (Lipinski definition) is 14. The molecule has 0 radical (unpaired) electrons. The van der Waals surface area contributed by atoms with Gasteiger partial charge < -0.3 is 61.3 Å². The van der Waals surface area contributed by atoms with Crippen molar-refractivity contribution in [3.8, 4) is 0 Å². The van der Waals surface area contributed by atoms with E-state index >= 15 is 0 Å². The highest BCUT2D eigenvalue weighted by molar-refractivity contribution is 4.83. The van der Waals surface area contributed by atoms with E-state index in [1.54, 1.807) is 0 Å². The fourth-order valence-electron chi connectivity index (χ4n) is 1.64. The van der Waals surface area contributed by atoms with Crippen molar-refractivity contribution in [2.45, 2.75) is 61.4 Å². The molecule has 158 valence electrons. The van der Waals surface area contributed by atoms with Crippen molar-refractivity contribution < 1.29 is 71.1 Å². The van der Waals surface area contributed by atoms with E-state index in [0.717, 1.165) is 0 Å². The molecule has 0 aliphatic heterocycles. The van der Waals surface area contributed by atoms with Crippen molar-refractivity contribution in [3.63, 3.8) is 0 Å². The van der Waals surface area contributed by atoms with Crippen molar-refractivity contribution in [3.05, 3.63) is 0 Å². The third kappa shape index (κ3) is 7.22. The van der Waals surface area contributed by atoms with Crippen LogP contribution in [-0.4, -0.2) is 136 Å².